The monoisotopic (exact) mass is 164 g/mol. The molecule has 2 N–H and O–H groups in total. The Morgan fingerprint density at radius 3 is 1.08 bits per heavy atom. The predicted molar refractivity (Wildman–Crippen MR) is 40.0 cm³/mol. The van der Waals surface area contributed by atoms with Crippen molar-refractivity contribution in [2.24, 2.45) is 46.3 Å². The van der Waals surface area contributed by atoms with Gasteiger partial charge < -0.3 is 10.2 Å². The van der Waals surface area contributed by atoms with Crippen molar-refractivity contribution in [3.63, 3.8) is 0 Å². The molecule has 6 aliphatic carbocycles. The molecule has 0 amide bonds. The maximum absolute atomic E-state index is 9.31. The van der Waals surface area contributed by atoms with Gasteiger partial charge in [-0.1, -0.05) is 0 Å². The number of aliphatic hydroxyl groups excluding tert-OH is 2. The first kappa shape index (κ1) is 5.61. The van der Waals surface area contributed by atoms with Crippen LogP contribution >= 0.6 is 0 Å². The molecule has 2 nitrogen and oxygen atoms in total. The standard InChI is InChI=1S/C10H12O2/c11-1-9-3-6-4(9)8-5(9)7(3)10(6,8)2-12/h3-8,11-12H,1-2H2. The lowest BCUT2D eigenvalue weighted by molar-refractivity contribution is -0.662. The lowest BCUT2D eigenvalue weighted by Crippen LogP contribution is -3.10. The second-order valence-corrected chi connectivity index (χ2v) is 5.70. The highest BCUT2D eigenvalue weighted by Crippen LogP contribution is 3.09. The maximum Gasteiger partial charge on any atom is 0.0496 e. The van der Waals surface area contributed by atoms with Crippen molar-refractivity contribution >= 4 is 0 Å². The molecule has 6 rings (SSSR count). The molecule has 0 radical (unpaired) electrons. The zero-order chi connectivity index (χ0) is 7.88. The first-order valence-corrected chi connectivity index (χ1v) is 5.07. The van der Waals surface area contributed by atoms with Crippen LogP contribution in [0.25, 0.3) is 0 Å². The van der Waals surface area contributed by atoms with Crippen molar-refractivity contribution in [1.29, 1.82) is 0 Å². The van der Waals surface area contributed by atoms with Gasteiger partial charge in [0.2, 0.25) is 0 Å². The van der Waals surface area contributed by atoms with Gasteiger partial charge in [-0.3, -0.25) is 0 Å². The molecule has 6 aliphatic rings. The minimum atomic E-state index is 0.428. The summed E-state index contributed by atoms with van der Waals surface area (Å²) in [6.07, 6.45) is 0. The van der Waals surface area contributed by atoms with Crippen LogP contribution in [0, 0.1) is 46.3 Å². The molecular formula is C10H12O2. The molecule has 0 spiro atoms. The first-order valence-electron chi connectivity index (χ1n) is 5.07. The molecule has 0 unspecified atom stereocenters. The van der Waals surface area contributed by atoms with Crippen LogP contribution in [0.1, 0.15) is 0 Å². The van der Waals surface area contributed by atoms with E-state index < -0.39 is 0 Å². The summed E-state index contributed by atoms with van der Waals surface area (Å²) in [5.74, 6) is 5.14. The molecule has 6 saturated carbocycles. The summed E-state index contributed by atoms with van der Waals surface area (Å²) in [5.41, 5.74) is 0.855. The molecule has 6 fully saturated rings. The highest BCUT2D eigenvalue weighted by atomic mass is 16.3. The molecule has 64 valence electrons. The number of aliphatic hydroxyl groups is 2. The van der Waals surface area contributed by atoms with Crippen molar-refractivity contribution in [3.05, 3.63) is 0 Å². The van der Waals surface area contributed by atoms with Crippen LogP contribution in [0.15, 0.2) is 0 Å². The molecule has 0 aromatic carbocycles. The van der Waals surface area contributed by atoms with Crippen LogP contribution in [-0.2, 0) is 0 Å². The Kier molecular flexibility index (Phi) is 0.493. The SMILES string of the molecule is OCC12C3C4C1C1C2C3C41CO. The molecule has 0 atom stereocenters. The highest BCUT2D eigenvalue weighted by Gasteiger charge is 3.09. The minimum absolute atomic E-state index is 0.428. The maximum atomic E-state index is 9.31. The summed E-state index contributed by atoms with van der Waals surface area (Å²) >= 11 is 0. The third-order valence-electron chi connectivity index (χ3n) is 6.59. The average molecular weight is 164 g/mol. The zero-order valence-electron chi connectivity index (χ0n) is 6.77. The van der Waals surface area contributed by atoms with E-state index in [1.54, 1.807) is 0 Å². The molecule has 0 bridgehead atoms. The summed E-state index contributed by atoms with van der Waals surface area (Å²) in [4.78, 5) is 0. The van der Waals surface area contributed by atoms with Gasteiger partial charge in [0.25, 0.3) is 0 Å². The van der Waals surface area contributed by atoms with Gasteiger partial charge in [0.05, 0.1) is 0 Å². The van der Waals surface area contributed by atoms with Gasteiger partial charge in [0.1, 0.15) is 0 Å². The van der Waals surface area contributed by atoms with E-state index in [9.17, 15) is 10.2 Å². The third kappa shape index (κ3) is 0.182. The van der Waals surface area contributed by atoms with E-state index in [0.717, 1.165) is 35.5 Å². The Balaban J connectivity index is 1.67. The fourth-order valence-electron chi connectivity index (χ4n) is 6.61. The average Bonchev–Trinajstić information content (AvgIpc) is 2.17. The summed E-state index contributed by atoms with van der Waals surface area (Å²) in [6.45, 7) is 0.885. The summed E-state index contributed by atoms with van der Waals surface area (Å²) < 4.78 is 0. The van der Waals surface area contributed by atoms with Crippen LogP contribution in [0.3, 0.4) is 0 Å². The van der Waals surface area contributed by atoms with Crippen molar-refractivity contribution in [2.75, 3.05) is 13.2 Å². The molecule has 0 heterocycles. The Hall–Kier alpha value is -0.0800. The van der Waals surface area contributed by atoms with E-state index in [-0.39, 0.29) is 0 Å². The summed E-state index contributed by atoms with van der Waals surface area (Å²) in [5, 5.41) is 18.6. The van der Waals surface area contributed by atoms with Crippen molar-refractivity contribution in [2.45, 2.75) is 0 Å². The van der Waals surface area contributed by atoms with Crippen LogP contribution in [0.4, 0.5) is 0 Å². The van der Waals surface area contributed by atoms with E-state index in [1.165, 1.54) is 0 Å². The van der Waals surface area contributed by atoms with Crippen molar-refractivity contribution < 1.29 is 10.2 Å². The highest BCUT2D eigenvalue weighted by molar-refractivity contribution is 5.54. The minimum Gasteiger partial charge on any atom is -0.396 e. The molecule has 0 aromatic rings. The van der Waals surface area contributed by atoms with Crippen LogP contribution in [0.2, 0.25) is 0 Å². The zero-order valence-corrected chi connectivity index (χ0v) is 6.77. The van der Waals surface area contributed by atoms with Gasteiger partial charge in [-0.2, -0.15) is 0 Å². The molecule has 12 heavy (non-hydrogen) atoms. The fourth-order valence-corrected chi connectivity index (χ4v) is 6.61. The van der Waals surface area contributed by atoms with E-state index in [1.807, 2.05) is 0 Å². The lowest BCUT2D eigenvalue weighted by atomic mass is 8.92. The van der Waals surface area contributed by atoms with Crippen LogP contribution in [-0.4, -0.2) is 23.4 Å². The molecule has 0 saturated heterocycles. The van der Waals surface area contributed by atoms with E-state index >= 15 is 0 Å². The number of hydrogen-bond acceptors (Lipinski definition) is 2. The lowest BCUT2D eigenvalue weighted by Gasteiger charge is -3.11. The molecule has 0 aromatic heterocycles. The van der Waals surface area contributed by atoms with Gasteiger partial charge >= 0.3 is 0 Å². The smallest absolute Gasteiger partial charge is 0.0496 e. The van der Waals surface area contributed by atoms with E-state index in [0.29, 0.717) is 24.0 Å². The van der Waals surface area contributed by atoms with Gasteiger partial charge in [0.15, 0.2) is 0 Å². The quantitative estimate of drug-likeness (QED) is 0.588. The Morgan fingerprint density at radius 1 is 0.667 bits per heavy atom. The predicted octanol–water partition coefficient (Wildman–Crippen LogP) is -0.291. The topological polar surface area (TPSA) is 40.5 Å². The number of hydrogen-bond donors (Lipinski definition) is 2. The number of rotatable bonds is 2. The second kappa shape index (κ2) is 1.05. The largest absolute Gasteiger partial charge is 0.396 e. The Morgan fingerprint density at radius 2 is 0.917 bits per heavy atom. The third-order valence-corrected chi connectivity index (χ3v) is 6.59. The molecule has 0 aliphatic heterocycles. The van der Waals surface area contributed by atoms with Crippen molar-refractivity contribution in [1.82, 2.24) is 0 Å². The van der Waals surface area contributed by atoms with Gasteiger partial charge in [-0.25, -0.2) is 0 Å². The fraction of sp³-hybridized carbons (Fsp3) is 1.00. The van der Waals surface area contributed by atoms with E-state index in [4.69, 9.17) is 0 Å². The Bertz CT molecular complexity index is 236. The summed E-state index contributed by atoms with van der Waals surface area (Å²) in [7, 11) is 0. The molecular weight excluding hydrogens is 152 g/mol. The van der Waals surface area contributed by atoms with Gasteiger partial charge in [-0.05, 0) is 35.5 Å². The second-order valence-electron chi connectivity index (χ2n) is 5.70. The van der Waals surface area contributed by atoms with Gasteiger partial charge in [0, 0.05) is 24.0 Å². The first-order chi connectivity index (χ1) is 5.85. The van der Waals surface area contributed by atoms with Gasteiger partial charge in [-0.15, -0.1) is 0 Å². The van der Waals surface area contributed by atoms with Crippen LogP contribution in [0.5, 0.6) is 0 Å². The normalized spacial score (nSPS) is 88.5. The molecule has 2 heteroatoms. The van der Waals surface area contributed by atoms with E-state index in [2.05, 4.69) is 0 Å². The van der Waals surface area contributed by atoms with Crippen LogP contribution < -0.4 is 0 Å². The Labute approximate surface area is 70.6 Å². The summed E-state index contributed by atoms with van der Waals surface area (Å²) in [6, 6.07) is 0. The van der Waals surface area contributed by atoms with Crippen molar-refractivity contribution in [3.8, 4) is 0 Å².